The van der Waals surface area contributed by atoms with E-state index in [2.05, 4.69) is 10.5 Å². The first-order chi connectivity index (χ1) is 11.9. The molecule has 0 bridgehead atoms. The van der Waals surface area contributed by atoms with Gasteiger partial charge in [0.1, 0.15) is 0 Å². The molecule has 0 heterocycles. The summed E-state index contributed by atoms with van der Waals surface area (Å²) in [5, 5.41) is 4.24. The number of amides is 1. The van der Waals surface area contributed by atoms with Crippen LogP contribution in [-0.2, 0) is 11.0 Å². The van der Waals surface area contributed by atoms with Crippen molar-refractivity contribution in [3.05, 3.63) is 64.7 Å². The maximum Gasteiger partial charge on any atom is 0.417 e. The van der Waals surface area contributed by atoms with Crippen LogP contribution in [0.2, 0.25) is 5.02 Å². The van der Waals surface area contributed by atoms with E-state index in [9.17, 15) is 18.0 Å². The Morgan fingerprint density at radius 2 is 1.84 bits per heavy atom. The molecule has 0 spiro atoms. The molecule has 0 atom stereocenters. The second-order valence-electron chi connectivity index (χ2n) is 4.93. The topological polar surface area (TPSA) is 41.5 Å². The van der Waals surface area contributed by atoms with Crippen LogP contribution in [0.5, 0.6) is 0 Å². The summed E-state index contributed by atoms with van der Waals surface area (Å²) in [6, 6.07) is 12.2. The van der Waals surface area contributed by atoms with Crippen LogP contribution in [0.25, 0.3) is 0 Å². The van der Waals surface area contributed by atoms with Crippen LogP contribution in [0.15, 0.2) is 58.5 Å². The Balaban J connectivity index is 1.82. The molecule has 8 heteroatoms. The van der Waals surface area contributed by atoms with Crippen LogP contribution < -0.4 is 5.43 Å². The molecule has 0 fully saturated rings. The summed E-state index contributed by atoms with van der Waals surface area (Å²) < 4.78 is 38.5. The van der Waals surface area contributed by atoms with Gasteiger partial charge in [-0.05, 0) is 30.3 Å². The lowest BCUT2D eigenvalue weighted by Crippen LogP contribution is -2.18. The molecule has 0 aromatic heterocycles. The van der Waals surface area contributed by atoms with Crippen molar-refractivity contribution in [2.24, 2.45) is 5.10 Å². The van der Waals surface area contributed by atoms with E-state index in [1.807, 2.05) is 12.1 Å². The van der Waals surface area contributed by atoms with E-state index in [4.69, 9.17) is 11.6 Å². The first-order valence-corrected chi connectivity index (χ1v) is 8.59. The molecule has 2 aromatic carbocycles. The quantitative estimate of drug-likeness (QED) is 0.431. The SMILES string of the molecule is O=C(CCSc1ccc(Cl)cc1)NN=Cc1ccccc1C(F)(F)F. The van der Waals surface area contributed by atoms with Crippen molar-refractivity contribution in [1.82, 2.24) is 5.43 Å². The minimum atomic E-state index is -4.47. The highest BCUT2D eigenvalue weighted by atomic mass is 35.5. The number of nitrogens with one attached hydrogen (secondary N) is 1. The predicted octanol–water partition coefficient (Wildman–Crippen LogP) is 4.99. The van der Waals surface area contributed by atoms with Gasteiger partial charge in [0.25, 0.3) is 0 Å². The number of alkyl halides is 3. The maximum atomic E-state index is 12.8. The molecule has 25 heavy (non-hydrogen) atoms. The second kappa shape index (κ2) is 8.92. The summed E-state index contributed by atoms with van der Waals surface area (Å²) in [5.41, 5.74) is 1.33. The predicted molar refractivity (Wildman–Crippen MR) is 94.0 cm³/mol. The van der Waals surface area contributed by atoms with Gasteiger partial charge < -0.3 is 0 Å². The molecule has 1 N–H and O–H groups in total. The van der Waals surface area contributed by atoms with Gasteiger partial charge in [0.2, 0.25) is 5.91 Å². The van der Waals surface area contributed by atoms with Crippen molar-refractivity contribution in [2.45, 2.75) is 17.5 Å². The molecule has 2 rings (SSSR count). The zero-order valence-corrected chi connectivity index (χ0v) is 14.5. The molecule has 2 aromatic rings. The highest BCUT2D eigenvalue weighted by Crippen LogP contribution is 2.31. The van der Waals surface area contributed by atoms with Gasteiger partial charge in [-0.15, -0.1) is 11.8 Å². The summed E-state index contributed by atoms with van der Waals surface area (Å²) >= 11 is 7.26. The molecule has 0 saturated carbocycles. The van der Waals surface area contributed by atoms with Crippen LogP contribution >= 0.6 is 23.4 Å². The number of thioether (sulfide) groups is 1. The first kappa shape index (κ1) is 19.3. The first-order valence-electron chi connectivity index (χ1n) is 7.23. The average Bonchev–Trinajstić information content (AvgIpc) is 2.56. The lowest BCUT2D eigenvalue weighted by molar-refractivity contribution is -0.137. The lowest BCUT2D eigenvalue weighted by atomic mass is 10.1. The zero-order chi connectivity index (χ0) is 18.3. The van der Waals surface area contributed by atoms with E-state index in [1.165, 1.54) is 30.0 Å². The van der Waals surface area contributed by atoms with E-state index >= 15 is 0 Å². The van der Waals surface area contributed by atoms with E-state index in [0.29, 0.717) is 10.8 Å². The normalized spacial score (nSPS) is 11.7. The Morgan fingerprint density at radius 1 is 1.16 bits per heavy atom. The summed E-state index contributed by atoms with van der Waals surface area (Å²) in [4.78, 5) is 12.6. The van der Waals surface area contributed by atoms with Crippen LogP contribution in [0, 0.1) is 0 Å². The van der Waals surface area contributed by atoms with Gasteiger partial charge in [0.05, 0.1) is 11.8 Å². The number of carbonyl (C=O) groups is 1. The average molecular weight is 387 g/mol. The molecule has 0 aliphatic carbocycles. The fraction of sp³-hybridized carbons (Fsp3) is 0.176. The molecule has 1 amide bonds. The van der Waals surface area contributed by atoms with E-state index in [-0.39, 0.29) is 17.9 Å². The number of carbonyl (C=O) groups excluding carboxylic acids is 1. The van der Waals surface area contributed by atoms with Gasteiger partial charge in [-0.3, -0.25) is 4.79 Å². The van der Waals surface area contributed by atoms with Gasteiger partial charge in [-0.2, -0.15) is 18.3 Å². The Labute approximate surface area is 152 Å². The number of hydrazone groups is 1. The highest BCUT2D eigenvalue weighted by Gasteiger charge is 2.32. The monoisotopic (exact) mass is 386 g/mol. The fourth-order valence-electron chi connectivity index (χ4n) is 1.89. The van der Waals surface area contributed by atoms with E-state index < -0.39 is 11.7 Å². The third kappa shape index (κ3) is 6.43. The minimum Gasteiger partial charge on any atom is -0.273 e. The van der Waals surface area contributed by atoms with Crippen LogP contribution in [0.1, 0.15) is 17.5 Å². The number of hydrogen-bond donors (Lipinski definition) is 1. The fourth-order valence-corrected chi connectivity index (χ4v) is 2.87. The maximum absolute atomic E-state index is 12.8. The molecule has 0 unspecified atom stereocenters. The highest BCUT2D eigenvalue weighted by molar-refractivity contribution is 7.99. The summed E-state index contributed by atoms with van der Waals surface area (Å²) in [5.74, 6) is 0.143. The van der Waals surface area contributed by atoms with Crippen LogP contribution in [-0.4, -0.2) is 17.9 Å². The summed E-state index contributed by atoms with van der Waals surface area (Å²) in [6.07, 6.45) is -3.29. The smallest absolute Gasteiger partial charge is 0.273 e. The lowest BCUT2D eigenvalue weighted by Gasteiger charge is -2.09. The molecular formula is C17H14ClF3N2OS. The van der Waals surface area contributed by atoms with Gasteiger partial charge >= 0.3 is 6.18 Å². The van der Waals surface area contributed by atoms with Crippen molar-refractivity contribution >= 4 is 35.5 Å². The Morgan fingerprint density at radius 3 is 2.52 bits per heavy atom. The number of nitrogens with zero attached hydrogens (tertiary/aromatic N) is 1. The van der Waals surface area contributed by atoms with Crippen LogP contribution in [0.4, 0.5) is 13.2 Å². The third-order valence-corrected chi connectivity index (χ3v) is 4.34. The number of hydrogen-bond acceptors (Lipinski definition) is 3. The number of rotatable bonds is 6. The summed E-state index contributed by atoms with van der Waals surface area (Å²) in [6.45, 7) is 0. The molecule has 0 radical (unpaired) electrons. The summed E-state index contributed by atoms with van der Waals surface area (Å²) in [7, 11) is 0. The molecule has 0 saturated heterocycles. The molecule has 132 valence electrons. The van der Waals surface area contributed by atoms with Gasteiger partial charge in [-0.25, -0.2) is 5.43 Å². The zero-order valence-electron chi connectivity index (χ0n) is 12.9. The number of halogens is 4. The van der Waals surface area contributed by atoms with E-state index in [1.54, 1.807) is 12.1 Å². The second-order valence-corrected chi connectivity index (χ2v) is 6.54. The molecule has 0 aliphatic rings. The van der Waals surface area contributed by atoms with Gasteiger partial charge in [0, 0.05) is 27.7 Å². The van der Waals surface area contributed by atoms with Crippen molar-refractivity contribution in [2.75, 3.05) is 5.75 Å². The molecule has 3 nitrogen and oxygen atoms in total. The van der Waals surface area contributed by atoms with Crippen molar-refractivity contribution < 1.29 is 18.0 Å². The molecule has 0 aliphatic heterocycles. The van der Waals surface area contributed by atoms with Gasteiger partial charge in [-0.1, -0.05) is 29.8 Å². The van der Waals surface area contributed by atoms with Gasteiger partial charge in [0.15, 0.2) is 0 Å². The third-order valence-electron chi connectivity index (χ3n) is 3.07. The van der Waals surface area contributed by atoms with Crippen molar-refractivity contribution in [3.8, 4) is 0 Å². The Bertz CT molecular complexity index is 748. The van der Waals surface area contributed by atoms with Crippen molar-refractivity contribution in [1.29, 1.82) is 0 Å². The Kier molecular flexibility index (Phi) is 6.90. The standard InChI is InChI=1S/C17H14ClF3N2OS/c18-13-5-7-14(8-6-13)25-10-9-16(24)23-22-11-12-3-1-2-4-15(12)17(19,20)21/h1-8,11H,9-10H2,(H,23,24). The molecular weight excluding hydrogens is 373 g/mol. The number of benzene rings is 2. The largest absolute Gasteiger partial charge is 0.417 e. The van der Waals surface area contributed by atoms with Crippen molar-refractivity contribution in [3.63, 3.8) is 0 Å². The Hall–Kier alpha value is -1.99. The van der Waals surface area contributed by atoms with E-state index in [0.717, 1.165) is 17.2 Å². The van der Waals surface area contributed by atoms with Crippen LogP contribution in [0.3, 0.4) is 0 Å². The minimum absolute atomic E-state index is 0.106.